The molecule has 0 atom stereocenters. The van der Waals surface area contributed by atoms with Crippen molar-refractivity contribution in [3.05, 3.63) is 5.92 Å². The maximum Gasteiger partial charge on any atom is 0.219 e. The molecular weight excluding hydrogens is 110 g/mol. The zero-order valence-electron chi connectivity index (χ0n) is 4.88. The van der Waals surface area contributed by atoms with Gasteiger partial charge in [0.1, 0.15) is 0 Å². The van der Waals surface area contributed by atoms with Crippen LogP contribution in [0, 0.1) is 5.92 Å². The summed E-state index contributed by atoms with van der Waals surface area (Å²) in [6.07, 6.45) is 0.707. The van der Waals surface area contributed by atoms with E-state index in [1.807, 2.05) is 0 Å². The van der Waals surface area contributed by atoms with Crippen molar-refractivity contribution >= 4 is 0 Å². The van der Waals surface area contributed by atoms with Crippen molar-refractivity contribution in [3.8, 4) is 0 Å². The fraction of sp³-hybridized carbons (Fsp3) is 0.833. The lowest BCUT2D eigenvalue weighted by molar-refractivity contribution is 0.0109. The lowest BCUT2D eigenvalue weighted by Gasteiger charge is -2.14. The Balaban J connectivity index is 2.44. The average molecular weight is 119 g/mol. The summed E-state index contributed by atoms with van der Waals surface area (Å²) >= 11 is 0. The second-order valence-electron chi connectivity index (χ2n) is 2.49. The van der Waals surface area contributed by atoms with Gasteiger partial charge in [-0.2, -0.15) is 13.3 Å². The third-order valence-corrected chi connectivity index (χ3v) is 1.48. The molecule has 0 N–H and O–H groups in total. The molecule has 0 aliphatic heterocycles. The Bertz CT molecular complexity index is 88.5. The molecule has 1 saturated carbocycles. The minimum atomic E-state index is -2.37. The fourth-order valence-electron chi connectivity index (χ4n) is 1.01. The van der Waals surface area contributed by atoms with E-state index in [-0.39, 0.29) is 12.8 Å². The molecule has 0 spiro atoms. The van der Waals surface area contributed by atoms with E-state index in [9.17, 15) is 8.78 Å². The monoisotopic (exact) mass is 119 g/mol. The lowest BCUT2D eigenvalue weighted by Crippen LogP contribution is -2.08. The number of alkyl halides is 2. The van der Waals surface area contributed by atoms with Crippen molar-refractivity contribution in [1.82, 2.24) is 0 Å². The van der Waals surface area contributed by atoms with Gasteiger partial charge in [0.2, 0.25) is 5.92 Å². The van der Waals surface area contributed by atoms with Crippen LogP contribution < -0.4 is 0 Å². The normalized spacial score (nSPS) is 28.9. The van der Waals surface area contributed by atoms with Gasteiger partial charge < -0.3 is 5.92 Å². The summed E-state index contributed by atoms with van der Waals surface area (Å²) in [4.78, 5) is 0. The van der Waals surface area contributed by atoms with Crippen molar-refractivity contribution in [3.63, 3.8) is 0 Å². The molecular formula is C6H9F2-. The first-order valence-electron chi connectivity index (χ1n) is 2.79. The fourth-order valence-corrected chi connectivity index (χ4v) is 1.01. The molecule has 0 aromatic carbocycles. The van der Waals surface area contributed by atoms with E-state index in [2.05, 4.69) is 0 Å². The van der Waals surface area contributed by atoms with Gasteiger partial charge in [0.25, 0.3) is 0 Å². The maximum absolute atomic E-state index is 12.2. The molecule has 0 saturated heterocycles. The van der Waals surface area contributed by atoms with Gasteiger partial charge in [-0.25, -0.2) is 8.78 Å². The molecule has 2 heteroatoms. The van der Waals surface area contributed by atoms with Crippen LogP contribution in [0.1, 0.15) is 26.2 Å². The van der Waals surface area contributed by atoms with Crippen molar-refractivity contribution in [1.29, 1.82) is 0 Å². The third kappa shape index (κ3) is 1.17. The Labute approximate surface area is 47.9 Å². The molecule has 0 bridgehead atoms. The van der Waals surface area contributed by atoms with Gasteiger partial charge in [0.05, 0.1) is 0 Å². The first kappa shape index (κ1) is 5.99. The van der Waals surface area contributed by atoms with Gasteiger partial charge in [0.15, 0.2) is 0 Å². The Kier molecular flexibility index (Phi) is 1.25. The van der Waals surface area contributed by atoms with Crippen molar-refractivity contribution in [2.24, 2.45) is 0 Å². The van der Waals surface area contributed by atoms with Gasteiger partial charge in [-0.1, -0.05) is 0 Å². The molecule has 0 amide bonds. The summed E-state index contributed by atoms with van der Waals surface area (Å²) in [7, 11) is 0. The molecule has 8 heavy (non-hydrogen) atoms. The molecule has 1 aliphatic carbocycles. The van der Waals surface area contributed by atoms with Crippen LogP contribution in [0.25, 0.3) is 0 Å². The van der Waals surface area contributed by atoms with Crippen LogP contribution in [-0.4, -0.2) is 5.92 Å². The van der Waals surface area contributed by atoms with Gasteiger partial charge in [-0.05, 0) is 6.42 Å². The summed E-state index contributed by atoms with van der Waals surface area (Å²) < 4.78 is 24.3. The highest BCUT2D eigenvalue weighted by Gasteiger charge is 2.29. The molecule has 0 unspecified atom stereocenters. The van der Waals surface area contributed by atoms with Crippen LogP contribution in [0.15, 0.2) is 0 Å². The van der Waals surface area contributed by atoms with E-state index in [4.69, 9.17) is 0 Å². The van der Waals surface area contributed by atoms with Gasteiger partial charge >= 0.3 is 0 Å². The Morgan fingerprint density at radius 3 is 2.25 bits per heavy atom. The Morgan fingerprint density at radius 2 is 2.12 bits per heavy atom. The predicted molar refractivity (Wildman–Crippen MR) is 27.7 cm³/mol. The van der Waals surface area contributed by atoms with Gasteiger partial charge in [0, 0.05) is 0 Å². The number of halogens is 2. The van der Waals surface area contributed by atoms with Gasteiger partial charge in [-0.15, -0.1) is 6.42 Å². The minimum absolute atomic E-state index is 0.0208. The van der Waals surface area contributed by atoms with E-state index >= 15 is 0 Å². The summed E-state index contributed by atoms with van der Waals surface area (Å²) in [5.74, 6) is -1.43. The molecule has 0 nitrogen and oxygen atoms in total. The van der Waals surface area contributed by atoms with Crippen LogP contribution in [0.5, 0.6) is 0 Å². The number of hydrogen-bond donors (Lipinski definition) is 0. The Hall–Kier alpha value is -0.140. The average Bonchev–Trinajstić information content (AvgIpc) is 1.82. The second-order valence-corrected chi connectivity index (χ2v) is 2.49. The molecule has 1 aliphatic rings. The quantitative estimate of drug-likeness (QED) is 0.429. The van der Waals surface area contributed by atoms with Crippen molar-refractivity contribution in [2.45, 2.75) is 32.1 Å². The molecule has 48 valence electrons. The van der Waals surface area contributed by atoms with E-state index in [0.717, 1.165) is 5.92 Å². The van der Waals surface area contributed by atoms with E-state index < -0.39 is 5.92 Å². The SMILES string of the molecule is C[C-]1CCC(F)(F)C1. The molecule has 0 aromatic heterocycles. The zero-order valence-corrected chi connectivity index (χ0v) is 4.88. The van der Waals surface area contributed by atoms with Crippen LogP contribution >= 0.6 is 0 Å². The van der Waals surface area contributed by atoms with Crippen molar-refractivity contribution in [2.75, 3.05) is 0 Å². The van der Waals surface area contributed by atoms with Crippen molar-refractivity contribution < 1.29 is 8.78 Å². The second kappa shape index (κ2) is 1.67. The topological polar surface area (TPSA) is 0 Å². The largest absolute Gasteiger partial charge is 0.311 e. The van der Waals surface area contributed by atoms with Crippen LogP contribution in [0.3, 0.4) is 0 Å². The van der Waals surface area contributed by atoms with Crippen LogP contribution in [0.4, 0.5) is 8.78 Å². The predicted octanol–water partition coefficient (Wildman–Crippen LogP) is 2.40. The Morgan fingerprint density at radius 1 is 1.50 bits per heavy atom. The number of rotatable bonds is 0. The van der Waals surface area contributed by atoms with Gasteiger partial charge in [-0.3, -0.25) is 0 Å². The highest BCUT2D eigenvalue weighted by Crippen LogP contribution is 2.39. The highest BCUT2D eigenvalue weighted by molar-refractivity contribution is 4.97. The smallest absolute Gasteiger partial charge is 0.219 e. The zero-order chi connectivity index (χ0) is 6.20. The minimum Gasteiger partial charge on any atom is -0.311 e. The number of hydrogen-bond acceptors (Lipinski definition) is 0. The maximum atomic E-state index is 12.2. The molecule has 1 rings (SSSR count). The standard InChI is InChI=1S/C6H9F2/c1-5-2-3-6(7,8)4-5/h2-4H2,1H3/q-1. The summed E-state index contributed by atoms with van der Waals surface area (Å²) in [6, 6.07) is 0. The summed E-state index contributed by atoms with van der Waals surface area (Å²) in [5.41, 5.74) is 0. The molecule has 0 heterocycles. The summed E-state index contributed by atoms with van der Waals surface area (Å²) in [5, 5.41) is 0. The molecule has 1 fully saturated rings. The highest BCUT2D eigenvalue weighted by atomic mass is 19.3. The molecule has 0 aromatic rings. The van der Waals surface area contributed by atoms with Crippen LogP contribution in [0.2, 0.25) is 0 Å². The first-order chi connectivity index (χ1) is 3.60. The van der Waals surface area contributed by atoms with E-state index in [1.54, 1.807) is 6.92 Å². The van der Waals surface area contributed by atoms with Crippen LogP contribution in [-0.2, 0) is 0 Å². The van der Waals surface area contributed by atoms with E-state index in [1.165, 1.54) is 0 Å². The summed E-state index contributed by atoms with van der Waals surface area (Å²) in [6.45, 7) is 1.79. The molecule has 0 radical (unpaired) electrons. The van der Waals surface area contributed by atoms with E-state index in [0.29, 0.717) is 6.42 Å². The lowest BCUT2D eigenvalue weighted by atomic mass is 10.1. The first-order valence-corrected chi connectivity index (χ1v) is 2.79. The third-order valence-electron chi connectivity index (χ3n) is 1.48.